The van der Waals surface area contributed by atoms with Crippen LogP contribution in [0.5, 0.6) is 0 Å². The average Bonchev–Trinajstić information content (AvgIpc) is 2.20. The molecule has 1 aromatic carbocycles. The highest BCUT2D eigenvalue weighted by Crippen LogP contribution is 2.20. The standard InChI is InChI=1S/C10H15FN2O3S/c1-10(2,6-14)13-17(15,16)9-5-7(11)3-4-8(9)12/h3-5,13-14H,6,12H2,1-2H3. The lowest BCUT2D eigenvalue weighted by Crippen LogP contribution is -2.46. The second-order valence-corrected chi connectivity index (χ2v) is 5.98. The maximum Gasteiger partial charge on any atom is 0.243 e. The third-order valence-corrected chi connectivity index (χ3v) is 3.82. The third-order valence-electron chi connectivity index (χ3n) is 2.07. The molecule has 0 spiro atoms. The molecule has 0 amide bonds. The molecule has 4 N–H and O–H groups in total. The van der Waals surface area contributed by atoms with E-state index >= 15 is 0 Å². The van der Waals surface area contributed by atoms with E-state index in [-0.39, 0.29) is 17.2 Å². The molecule has 0 radical (unpaired) electrons. The van der Waals surface area contributed by atoms with Crippen molar-refractivity contribution in [2.24, 2.45) is 0 Å². The monoisotopic (exact) mass is 262 g/mol. The number of hydrogen-bond acceptors (Lipinski definition) is 4. The fourth-order valence-electron chi connectivity index (χ4n) is 1.19. The summed E-state index contributed by atoms with van der Waals surface area (Å²) in [5.41, 5.74) is 4.39. The zero-order valence-corrected chi connectivity index (χ0v) is 10.4. The van der Waals surface area contributed by atoms with Crippen LogP contribution >= 0.6 is 0 Å². The van der Waals surface area contributed by atoms with Crippen LogP contribution in [-0.4, -0.2) is 25.7 Å². The molecule has 0 unspecified atom stereocenters. The van der Waals surface area contributed by atoms with E-state index in [1.807, 2.05) is 0 Å². The Morgan fingerprint density at radius 2 is 2.06 bits per heavy atom. The van der Waals surface area contributed by atoms with Crippen LogP contribution in [0.4, 0.5) is 10.1 Å². The van der Waals surface area contributed by atoms with Gasteiger partial charge in [-0.15, -0.1) is 0 Å². The van der Waals surface area contributed by atoms with Crippen LogP contribution in [-0.2, 0) is 10.0 Å². The Hall–Kier alpha value is -1.18. The molecular weight excluding hydrogens is 247 g/mol. The van der Waals surface area contributed by atoms with E-state index < -0.39 is 21.4 Å². The quantitative estimate of drug-likeness (QED) is 0.687. The third kappa shape index (κ3) is 3.39. The fraction of sp³-hybridized carbons (Fsp3) is 0.400. The van der Waals surface area contributed by atoms with E-state index in [4.69, 9.17) is 10.8 Å². The topological polar surface area (TPSA) is 92.4 Å². The summed E-state index contributed by atoms with van der Waals surface area (Å²) in [7, 11) is -3.96. The minimum absolute atomic E-state index is 0.0485. The molecule has 7 heteroatoms. The van der Waals surface area contributed by atoms with Gasteiger partial charge in [-0.05, 0) is 32.0 Å². The van der Waals surface area contributed by atoms with Crippen LogP contribution in [0.15, 0.2) is 23.1 Å². The summed E-state index contributed by atoms with van der Waals surface area (Å²) in [4.78, 5) is -0.334. The number of nitrogens with two attached hydrogens (primary N) is 1. The molecule has 0 aliphatic carbocycles. The first-order valence-corrected chi connectivity index (χ1v) is 6.36. The van der Waals surface area contributed by atoms with Crippen LogP contribution in [0.2, 0.25) is 0 Å². The number of rotatable bonds is 4. The van der Waals surface area contributed by atoms with E-state index in [2.05, 4.69) is 4.72 Å². The number of nitrogen functional groups attached to an aromatic ring is 1. The van der Waals surface area contributed by atoms with Crippen molar-refractivity contribution < 1.29 is 17.9 Å². The fourth-order valence-corrected chi connectivity index (χ4v) is 2.74. The molecule has 0 aliphatic rings. The van der Waals surface area contributed by atoms with Crippen molar-refractivity contribution in [3.8, 4) is 0 Å². The van der Waals surface area contributed by atoms with Crippen molar-refractivity contribution in [2.75, 3.05) is 12.3 Å². The smallest absolute Gasteiger partial charge is 0.243 e. The van der Waals surface area contributed by atoms with Crippen LogP contribution in [0.3, 0.4) is 0 Å². The van der Waals surface area contributed by atoms with Crippen LogP contribution in [0.1, 0.15) is 13.8 Å². The average molecular weight is 262 g/mol. The number of nitrogens with one attached hydrogen (secondary N) is 1. The van der Waals surface area contributed by atoms with E-state index in [9.17, 15) is 12.8 Å². The van der Waals surface area contributed by atoms with Gasteiger partial charge in [0, 0.05) is 0 Å². The minimum atomic E-state index is -3.96. The molecule has 0 saturated heterocycles. The maximum absolute atomic E-state index is 13.0. The first-order chi connectivity index (χ1) is 7.68. The van der Waals surface area contributed by atoms with Crippen molar-refractivity contribution in [1.29, 1.82) is 0 Å². The molecule has 0 fully saturated rings. The molecule has 1 aromatic rings. The number of aliphatic hydroxyl groups is 1. The first kappa shape index (κ1) is 13.9. The highest BCUT2D eigenvalue weighted by molar-refractivity contribution is 7.89. The number of hydrogen-bond donors (Lipinski definition) is 3. The highest BCUT2D eigenvalue weighted by Gasteiger charge is 2.27. The van der Waals surface area contributed by atoms with Gasteiger partial charge in [-0.25, -0.2) is 17.5 Å². The van der Waals surface area contributed by atoms with E-state index in [0.717, 1.165) is 12.1 Å². The van der Waals surface area contributed by atoms with Gasteiger partial charge in [0.25, 0.3) is 0 Å². The van der Waals surface area contributed by atoms with Gasteiger partial charge in [0.05, 0.1) is 17.8 Å². The molecule has 96 valence electrons. The van der Waals surface area contributed by atoms with Gasteiger partial charge in [0.1, 0.15) is 10.7 Å². The van der Waals surface area contributed by atoms with Gasteiger partial charge in [-0.1, -0.05) is 0 Å². The summed E-state index contributed by atoms with van der Waals surface area (Å²) >= 11 is 0. The van der Waals surface area contributed by atoms with Crippen molar-refractivity contribution in [3.63, 3.8) is 0 Å². The summed E-state index contributed by atoms with van der Waals surface area (Å²) in [5.74, 6) is -0.693. The lowest BCUT2D eigenvalue weighted by atomic mass is 10.1. The largest absolute Gasteiger partial charge is 0.398 e. The van der Waals surface area contributed by atoms with Crippen LogP contribution < -0.4 is 10.5 Å². The van der Waals surface area contributed by atoms with Gasteiger partial charge in [-0.2, -0.15) is 0 Å². The van der Waals surface area contributed by atoms with Gasteiger partial charge in [0.15, 0.2) is 0 Å². The predicted molar refractivity (Wildman–Crippen MR) is 62.3 cm³/mol. The Morgan fingerprint density at radius 1 is 1.47 bits per heavy atom. The van der Waals surface area contributed by atoms with Crippen LogP contribution in [0, 0.1) is 5.82 Å². The zero-order valence-electron chi connectivity index (χ0n) is 9.57. The summed E-state index contributed by atoms with van der Waals surface area (Å²) < 4.78 is 39.1. The summed E-state index contributed by atoms with van der Waals surface area (Å²) in [5, 5.41) is 9.00. The Balaban J connectivity index is 3.18. The second kappa shape index (κ2) is 4.59. The molecule has 1 rings (SSSR count). The molecule has 0 heterocycles. The number of halogens is 1. The summed E-state index contributed by atoms with van der Waals surface area (Å²) in [6.45, 7) is 2.61. The Kier molecular flexibility index (Phi) is 3.75. The highest BCUT2D eigenvalue weighted by atomic mass is 32.2. The minimum Gasteiger partial charge on any atom is -0.398 e. The van der Waals surface area contributed by atoms with Crippen molar-refractivity contribution in [1.82, 2.24) is 4.72 Å². The van der Waals surface area contributed by atoms with E-state index in [1.54, 1.807) is 0 Å². The van der Waals surface area contributed by atoms with Gasteiger partial charge >= 0.3 is 0 Å². The molecule has 0 aromatic heterocycles. The zero-order chi connectivity index (χ0) is 13.3. The van der Waals surface area contributed by atoms with Crippen molar-refractivity contribution >= 4 is 15.7 Å². The van der Waals surface area contributed by atoms with Gasteiger partial charge in [-0.3, -0.25) is 0 Å². The number of aliphatic hydroxyl groups excluding tert-OH is 1. The summed E-state index contributed by atoms with van der Waals surface area (Å²) in [6, 6.07) is 3.09. The van der Waals surface area contributed by atoms with E-state index in [1.165, 1.54) is 19.9 Å². The predicted octanol–water partition coefficient (Wildman–Crippen LogP) is 0.457. The number of benzene rings is 1. The summed E-state index contributed by atoms with van der Waals surface area (Å²) in [6.07, 6.45) is 0. The molecular formula is C10H15FN2O3S. The van der Waals surface area contributed by atoms with Crippen molar-refractivity contribution in [2.45, 2.75) is 24.3 Å². The molecule has 0 saturated carbocycles. The number of sulfonamides is 1. The Morgan fingerprint density at radius 3 is 2.59 bits per heavy atom. The van der Waals surface area contributed by atoms with Crippen LogP contribution in [0.25, 0.3) is 0 Å². The lowest BCUT2D eigenvalue weighted by molar-refractivity contribution is 0.208. The second-order valence-electron chi connectivity index (χ2n) is 4.33. The van der Waals surface area contributed by atoms with Crippen molar-refractivity contribution in [3.05, 3.63) is 24.0 Å². The first-order valence-electron chi connectivity index (χ1n) is 4.88. The Labute approximate surface area is 99.5 Å². The molecule has 17 heavy (non-hydrogen) atoms. The SMILES string of the molecule is CC(C)(CO)NS(=O)(=O)c1cc(F)ccc1N. The Bertz CT molecular complexity index is 514. The number of anilines is 1. The molecule has 0 aliphatic heterocycles. The van der Waals surface area contributed by atoms with Gasteiger partial charge < -0.3 is 10.8 Å². The normalized spacial score (nSPS) is 12.7. The molecule has 5 nitrogen and oxygen atoms in total. The molecule has 0 atom stereocenters. The molecule has 0 bridgehead atoms. The maximum atomic E-state index is 13.0. The van der Waals surface area contributed by atoms with Gasteiger partial charge in [0.2, 0.25) is 10.0 Å². The van der Waals surface area contributed by atoms with E-state index in [0.29, 0.717) is 0 Å². The lowest BCUT2D eigenvalue weighted by Gasteiger charge is -2.23.